The Morgan fingerprint density at radius 1 is 0.578 bits per heavy atom. The molecule has 5 amide bonds. The predicted molar refractivity (Wildman–Crippen MR) is 486 cm³/mol. The van der Waals surface area contributed by atoms with Crippen LogP contribution in [0.5, 0.6) is 0 Å². The highest BCUT2D eigenvalue weighted by Crippen LogP contribution is 2.35. The van der Waals surface area contributed by atoms with Crippen molar-refractivity contribution in [3.8, 4) is 0 Å². The number of likely N-dealkylation sites (tertiary alicyclic amines) is 3. The van der Waals surface area contributed by atoms with Gasteiger partial charge in [0, 0.05) is 143 Å². The number of carboxylic acid groups (broad SMARTS) is 1. The van der Waals surface area contributed by atoms with E-state index in [1.807, 2.05) is 94.1 Å². The number of ketones is 4. The van der Waals surface area contributed by atoms with Crippen LogP contribution in [0.2, 0.25) is 0 Å². The van der Waals surface area contributed by atoms with Crippen LogP contribution >= 0.6 is 50.3 Å². The van der Waals surface area contributed by atoms with E-state index in [0.717, 1.165) is 29.3 Å². The van der Waals surface area contributed by atoms with E-state index in [9.17, 15) is 77.8 Å². The highest BCUT2D eigenvalue weighted by molar-refractivity contribution is 14.1. The zero-order valence-electron chi connectivity index (χ0n) is 77.0. The second-order valence-electron chi connectivity index (χ2n) is 34.2. The fourth-order valence-corrected chi connectivity index (χ4v) is 12.6. The SMILES string of the molecule is C.CC(=O)O.CC(C)(C)OC(=O)N1CCC(=O)CC1.CC1CN(C(=O)OC(C)(C)C)CCC1=O.CCOC(=O)C(=O)C1CN(C(=O)OC(C)(C)C)CC(C)C1=O.CCOC(=O)C1=NCC2=C1CN(C(=O)OC(C)(C)C)CC2C.CCOC(=O)c1nn(Cc2cccc([N+](=O)[O-])c2)c2c1CN(C(=O)OC(C)(C)C)CC2C.CI.N=NN=NCl.O=[N+]([O-])c1cccc(CBr)c1. The average molecular weight is 2010 g/mol. The van der Waals surface area contributed by atoms with Crippen molar-refractivity contribution in [2.24, 2.45) is 43.7 Å². The largest absolute Gasteiger partial charge is 0.481 e. The molecule has 3 saturated heterocycles. The number of non-ortho nitro benzene ring substituents is 2. The number of nitrogens with one attached hydrogen (secondary N) is 1. The van der Waals surface area contributed by atoms with Crippen molar-refractivity contribution < 1.29 is 115 Å². The van der Waals surface area contributed by atoms with Crippen molar-refractivity contribution in [1.82, 2.24) is 34.3 Å². The first-order valence-electron chi connectivity index (χ1n) is 40.7. The summed E-state index contributed by atoms with van der Waals surface area (Å²) in [6, 6.07) is 12.8. The molecular formula is C85H129BrClIN14O26. The number of ether oxygens (including phenoxy) is 8. The molecule has 0 aliphatic carbocycles. The summed E-state index contributed by atoms with van der Waals surface area (Å²) in [6.07, 6.45) is -0.698. The van der Waals surface area contributed by atoms with E-state index in [1.165, 1.54) is 23.1 Å². The molecule has 2 N–H and O–H groups in total. The van der Waals surface area contributed by atoms with E-state index in [2.05, 4.69) is 80.2 Å². The summed E-state index contributed by atoms with van der Waals surface area (Å²) in [7, 11) is 0. The molecule has 43 heteroatoms. The van der Waals surface area contributed by atoms with Crippen molar-refractivity contribution in [2.45, 2.75) is 238 Å². The molecule has 716 valence electrons. The van der Waals surface area contributed by atoms with Gasteiger partial charge in [-0.3, -0.25) is 53.9 Å². The summed E-state index contributed by atoms with van der Waals surface area (Å²) in [5.41, 5.74) is 8.69. The second-order valence-corrected chi connectivity index (χ2v) is 34.9. The molecule has 3 fully saturated rings. The van der Waals surface area contributed by atoms with Gasteiger partial charge in [0.2, 0.25) is 0 Å². The predicted octanol–water partition coefficient (Wildman–Crippen LogP) is 16.5. The van der Waals surface area contributed by atoms with Crippen LogP contribution < -0.4 is 0 Å². The Hall–Kier alpha value is -10.5. The first kappa shape index (κ1) is 117. The summed E-state index contributed by atoms with van der Waals surface area (Å²) in [5, 5.41) is 39.0. The number of hydrogen-bond acceptors (Lipinski definition) is 29. The maximum Gasteiger partial charge on any atom is 0.410 e. The van der Waals surface area contributed by atoms with E-state index >= 15 is 0 Å². The molecule has 6 aliphatic rings. The Kier molecular flexibility index (Phi) is 50.8. The molecule has 0 bridgehead atoms. The normalized spacial score (nSPS) is 17.5. The van der Waals surface area contributed by atoms with E-state index in [-0.39, 0.29) is 117 Å². The standard InChI is InChI=1S/C22H28N4O6.C16H24N2O4.C15H23NO6.C11H19NO3.C10H17NO3.C7H6BrNO2.C2H4O2.CH3I.CH4.ClHN4/c1-6-31-20(27)18-17-13-24(21(28)32-22(3,4)5)11-14(2)19(17)25(23-18)12-15-8-7-9-16(10-15)26(29)30;1-6-21-14(19)13-12-9-18(15(20)22-16(3,4)5)8-10(2)11(12)7-17-13;1-6-21-13(19)12(18)10-8-16(7-9(2)11(10)17)14(20)22-15(3,4)5;1-8-7-12(6-5-9(8)13)10(14)15-11(2,3)4;1-10(2,3)14-9(13)11-6-4-8(12)5-7-11;8-5-6-2-1-3-7(4-6)9(10)11;1-2(3)4;1-2;;1-3-5-4-2/h7-10,14H,6,11-13H2,1-5H3;10H,6-9H2,1-5H3;9-10H,6-8H2,1-5H3;8H,5-7H2,1-4H3;4-7H2,1-3H3;1-4H,5H2;1H3,(H,3,4);1H3;1H4;2H. The number of halogens is 3. The van der Waals surface area contributed by atoms with Gasteiger partial charge >= 0.3 is 48.4 Å². The minimum Gasteiger partial charge on any atom is -0.481 e. The van der Waals surface area contributed by atoms with Crippen LogP contribution in [0.25, 0.3) is 0 Å². The quantitative estimate of drug-likeness (QED) is 0.0185. The van der Waals surface area contributed by atoms with Crippen LogP contribution in [-0.2, 0) is 89.9 Å². The van der Waals surface area contributed by atoms with Crippen molar-refractivity contribution >= 4 is 145 Å². The molecule has 0 spiro atoms. The number of nitro groups is 2. The molecule has 40 nitrogen and oxygen atoms in total. The monoisotopic (exact) mass is 2000 g/mol. The number of alkyl halides is 2. The third-order valence-corrected chi connectivity index (χ3v) is 18.2. The van der Waals surface area contributed by atoms with E-state index in [0.29, 0.717) is 100 Å². The molecule has 0 radical (unpaired) electrons. The maximum absolute atomic E-state index is 12.7. The zero-order chi connectivity index (χ0) is 97.6. The number of piperidine rings is 3. The zero-order valence-corrected chi connectivity index (χ0v) is 81.5. The Balaban J connectivity index is 0.00000151. The molecule has 128 heavy (non-hydrogen) atoms. The lowest BCUT2D eigenvalue weighted by Crippen LogP contribution is -2.53. The van der Waals surface area contributed by atoms with Crippen LogP contribution in [-0.4, -0.2) is 251 Å². The van der Waals surface area contributed by atoms with Gasteiger partial charge in [0.25, 0.3) is 23.1 Å². The molecule has 0 saturated carbocycles. The molecule has 7 heterocycles. The van der Waals surface area contributed by atoms with Crippen LogP contribution in [0.1, 0.15) is 225 Å². The number of aliphatic carboxylic acids is 1. The lowest BCUT2D eigenvalue weighted by Gasteiger charge is -2.35. The van der Waals surface area contributed by atoms with E-state index in [1.54, 1.807) is 118 Å². The van der Waals surface area contributed by atoms with Crippen LogP contribution in [0.15, 0.2) is 79.7 Å². The third-order valence-electron chi connectivity index (χ3n) is 17.4. The van der Waals surface area contributed by atoms with Crippen molar-refractivity contribution in [3.05, 3.63) is 108 Å². The van der Waals surface area contributed by atoms with Crippen LogP contribution in [0.3, 0.4) is 0 Å². The number of aliphatic imine (C=N–C) groups is 1. The van der Waals surface area contributed by atoms with Crippen LogP contribution in [0.4, 0.5) is 35.3 Å². The molecule has 9 rings (SSSR count). The van der Waals surface area contributed by atoms with Crippen molar-refractivity contribution in [3.63, 3.8) is 0 Å². The number of fused-ring (bicyclic) bond motifs is 1. The van der Waals surface area contributed by atoms with Gasteiger partial charge in [-0.15, -0.1) is 0 Å². The van der Waals surface area contributed by atoms with Gasteiger partial charge in [0.15, 0.2) is 5.69 Å². The van der Waals surface area contributed by atoms with Crippen molar-refractivity contribution in [1.29, 1.82) is 5.53 Å². The Morgan fingerprint density at radius 2 is 0.984 bits per heavy atom. The van der Waals surface area contributed by atoms with Crippen molar-refractivity contribution in [2.75, 3.05) is 90.2 Å². The Bertz CT molecular complexity index is 4400. The first-order valence-corrected chi connectivity index (χ1v) is 44.3. The van der Waals surface area contributed by atoms with Crippen LogP contribution in [0, 0.1) is 49.4 Å². The fourth-order valence-electron chi connectivity index (χ4n) is 12.2. The highest BCUT2D eigenvalue weighted by Gasteiger charge is 2.44. The van der Waals surface area contributed by atoms with E-state index in [4.69, 9.17) is 48.6 Å². The number of carbonyl (C=O) groups is 13. The molecule has 1 aromatic heterocycles. The molecule has 2 aromatic carbocycles. The Labute approximate surface area is 775 Å². The lowest BCUT2D eigenvalue weighted by molar-refractivity contribution is -0.385. The molecule has 5 unspecified atom stereocenters. The second kappa shape index (κ2) is 55.4. The Morgan fingerprint density at radius 3 is 1.41 bits per heavy atom. The minimum atomic E-state index is -1.18. The van der Waals surface area contributed by atoms with Gasteiger partial charge in [-0.05, 0) is 163 Å². The number of amides is 5. The third kappa shape index (κ3) is 43.1. The smallest absolute Gasteiger partial charge is 0.410 e. The average Bonchev–Trinajstić information content (AvgIpc) is 1.63. The van der Waals surface area contributed by atoms with Gasteiger partial charge in [-0.25, -0.2) is 38.4 Å². The number of benzene rings is 2. The topological polar surface area (TPSA) is 510 Å². The summed E-state index contributed by atoms with van der Waals surface area (Å²) in [5.74, 6) is -5.42. The van der Waals surface area contributed by atoms with Gasteiger partial charge < -0.3 is 67.5 Å². The number of Topliss-reactive ketones (excluding diaryl/α,β-unsaturated/α-hetero) is 4. The number of rotatable bonds is 13. The van der Waals surface area contributed by atoms with E-state index < -0.39 is 91.5 Å². The number of carbonyl (C=O) groups excluding carboxylic acids is 12. The number of esters is 3. The number of nitro benzene ring substituents is 2. The molecular weight excluding hydrogens is 1880 g/mol. The summed E-state index contributed by atoms with van der Waals surface area (Å²) in [4.78, 5) is 186. The number of nitrogens with zero attached hydrogens (tertiary/aromatic N) is 13. The summed E-state index contributed by atoms with van der Waals surface area (Å²) < 4.78 is 45.7. The molecule has 5 atom stereocenters. The number of aromatic nitrogens is 2. The number of carboxylic acids is 1. The van der Waals surface area contributed by atoms with Gasteiger partial charge in [-0.2, -0.15) is 10.6 Å². The summed E-state index contributed by atoms with van der Waals surface area (Å²) >= 11 is 9.91. The molecule has 3 aromatic rings. The van der Waals surface area contributed by atoms with Gasteiger partial charge in [0.05, 0.1) is 67.6 Å². The lowest BCUT2D eigenvalue weighted by atomic mass is 9.86. The highest BCUT2D eigenvalue weighted by atomic mass is 127. The first-order chi connectivity index (χ1) is 58.8. The minimum absolute atomic E-state index is 0. The van der Waals surface area contributed by atoms with Gasteiger partial charge in [0.1, 0.15) is 57.0 Å². The number of hydrogen-bond donors (Lipinski definition) is 2. The molecule has 6 aliphatic heterocycles. The van der Waals surface area contributed by atoms with Gasteiger partial charge in [-0.1, -0.05) is 103 Å². The maximum atomic E-state index is 12.7. The summed E-state index contributed by atoms with van der Waals surface area (Å²) in [6.45, 7) is 45.4. The fraction of sp³-hybridized carbons (Fsp3) is 0.635.